The average Bonchev–Trinajstić information content (AvgIpc) is 2.76. The number of ether oxygens (including phenoxy) is 1. The highest BCUT2D eigenvalue weighted by molar-refractivity contribution is 5.76. The van der Waals surface area contributed by atoms with Gasteiger partial charge in [-0.05, 0) is 19.1 Å². The minimum absolute atomic E-state index is 0.0376. The number of piperazine rings is 1. The van der Waals surface area contributed by atoms with Crippen LogP contribution in [0.3, 0.4) is 0 Å². The molecule has 0 bridgehead atoms. The van der Waals surface area contributed by atoms with Crippen LogP contribution >= 0.6 is 0 Å². The van der Waals surface area contributed by atoms with Gasteiger partial charge in [0.1, 0.15) is 11.4 Å². The molecule has 9 nitrogen and oxygen atoms in total. The van der Waals surface area contributed by atoms with Crippen molar-refractivity contribution >= 4 is 17.4 Å². The first-order chi connectivity index (χ1) is 15.3. The molecule has 174 valence electrons. The number of hydrogen-bond donors (Lipinski definition) is 2. The molecule has 12 heteroatoms. The third-order valence-electron chi connectivity index (χ3n) is 4.98. The lowest BCUT2D eigenvalue weighted by Crippen LogP contribution is -2.49. The van der Waals surface area contributed by atoms with E-state index < -0.39 is 29.0 Å². The number of carbonyl (C=O) groups is 1. The van der Waals surface area contributed by atoms with Crippen LogP contribution in [0.5, 0.6) is 0 Å². The molecule has 32 heavy (non-hydrogen) atoms. The summed E-state index contributed by atoms with van der Waals surface area (Å²) in [5, 5.41) is 7.79. The summed E-state index contributed by atoms with van der Waals surface area (Å²) in [5.41, 5.74) is -3.07. The van der Waals surface area contributed by atoms with E-state index in [9.17, 15) is 22.8 Å². The number of hydrogen-bond acceptors (Lipinski definition) is 7. The van der Waals surface area contributed by atoms with E-state index in [-0.39, 0.29) is 25.5 Å². The number of aromatic nitrogens is 3. The maximum absolute atomic E-state index is 13.1. The third kappa shape index (κ3) is 6.19. The highest BCUT2D eigenvalue weighted by Gasteiger charge is 2.37. The summed E-state index contributed by atoms with van der Waals surface area (Å²) in [6.07, 6.45) is -1.99. The predicted molar refractivity (Wildman–Crippen MR) is 111 cm³/mol. The van der Waals surface area contributed by atoms with E-state index >= 15 is 0 Å². The molecule has 0 spiro atoms. The van der Waals surface area contributed by atoms with E-state index in [1.807, 2.05) is 18.2 Å². The highest BCUT2D eigenvalue weighted by atomic mass is 19.4. The molecular formula is C20H25F3N6O3. The number of halogens is 3. The number of alkyl halides is 3. The minimum Gasteiger partial charge on any atom is -0.379 e. The third-order valence-corrected chi connectivity index (χ3v) is 4.98. The van der Waals surface area contributed by atoms with Crippen molar-refractivity contribution in [2.45, 2.75) is 25.6 Å². The molecule has 1 atom stereocenters. The first kappa shape index (κ1) is 23.5. The van der Waals surface area contributed by atoms with E-state index in [0.29, 0.717) is 26.2 Å². The van der Waals surface area contributed by atoms with E-state index in [1.54, 1.807) is 23.1 Å². The van der Waals surface area contributed by atoms with E-state index in [2.05, 4.69) is 20.3 Å². The van der Waals surface area contributed by atoms with Gasteiger partial charge in [0.2, 0.25) is 5.91 Å². The maximum atomic E-state index is 13.1. The Morgan fingerprint density at radius 2 is 2.03 bits per heavy atom. The molecular weight excluding hydrogens is 429 g/mol. The summed E-state index contributed by atoms with van der Waals surface area (Å²) in [4.78, 5) is 32.1. The number of carbonyl (C=O) groups excluding carboxylic acids is 1. The lowest BCUT2D eigenvalue weighted by molar-refractivity contribution is -0.138. The van der Waals surface area contributed by atoms with Gasteiger partial charge < -0.3 is 19.9 Å². The van der Waals surface area contributed by atoms with Crippen LogP contribution in [0.2, 0.25) is 0 Å². The van der Waals surface area contributed by atoms with Gasteiger partial charge in [-0.25, -0.2) is 10.1 Å². The van der Waals surface area contributed by atoms with Gasteiger partial charge in [0.25, 0.3) is 5.56 Å². The number of H-pyrrole nitrogens is 1. The molecule has 3 heterocycles. The van der Waals surface area contributed by atoms with Crippen molar-refractivity contribution in [2.75, 3.05) is 49.6 Å². The second-order valence-electron chi connectivity index (χ2n) is 7.41. The van der Waals surface area contributed by atoms with Crippen molar-refractivity contribution in [1.29, 1.82) is 0 Å². The van der Waals surface area contributed by atoms with Crippen LogP contribution in [0.4, 0.5) is 24.7 Å². The van der Waals surface area contributed by atoms with E-state index in [0.717, 1.165) is 12.0 Å². The zero-order valence-electron chi connectivity index (χ0n) is 17.6. The summed E-state index contributed by atoms with van der Waals surface area (Å²) < 4.78 is 44.7. The van der Waals surface area contributed by atoms with Gasteiger partial charge in [-0.3, -0.25) is 9.59 Å². The van der Waals surface area contributed by atoms with Crippen molar-refractivity contribution in [3.05, 3.63) is 46.5 Å². The van der Waals surface area contributed by atoms with Gasteiger partial charge in [0.05, 0.1) is 31.5 Å². The Hall–Kier alpha value is -3.15. The van der Waals surface area contributed by atoms with Gasteiger partial charge >= 0.3 is 6.18 Å². The Morgan fingerprint density at radius 1 is 1.28 bits per heavy atom. The Morgan fingerprint density at radius 3 is 2.69 bits per heavy atom. The fraction of sp³-hybridized carbons (Fsp3) is 0.500. The molecule has 0 aromatic carbocycles. The molecule has 0 saturated carbocycles. The topological polar surface area (TPSA) is 103 Å². The van der Waals surface area contributed by atoms with Gasteiger partial charge in [-0.2, -0.15) is 18.3 Å². The Balaban J connectivity index is 1.39. The van der Waals surface area contributed by atoms with Crippen molar-refractivity contribution in [3.8, 4) is 0 Å². The number of nitrogens with one attached hydrogen (secondary N) is 2. The molecule has 1 fully saturated rings. The van der Waals surface area contributed by atoms with Crippen LogP contribution < -0.4 is 15.8 Å². The first-order valence-corrected chi connectivity index (χ1v) is 10.2. The Labute approximate surface area is 182 Å². The van der Waals surface area contributed by atoms with Crippen LogP contribution in [0.15, 0.2) is 35.4 Å². The van der Waals surface area contributed by atoms with Crippen molar-refractivity contribution in [3.63, 3.8) is 0 Å². The normalized spacial score (nSPS) is 15.5. The van der Waals surface area contributed by atoms with Crippen molar-refractivity contribution < 1.29 is 22.7 Å². The standard InChI is InChI=1S/C20H25F3N6O3/c1-14(26-15-12-25-27-19(31)18(15)20(21,22)23)13-32-11-5-17(30)29-9-7-28(8-10-29)16-4-2-3-6-24-16/h2-4,6,12,14H,5,7-11,13H2,1H3,(H2,26,27,31)/t14-/m0/s1. The second kappa shape index (κ2) is 10.4. The summed E-state index contributed by atoms with van der Waals surface area (Å²) in [6, 6.07) is 5.17. The Kier molecular flexibility index (Phi) is 7.67. The summed E-state index contributed by atoms with van der Waals surface area (Å²) >= 11 is 0. The molecule has 1 aliphatic rings. The fourth-order valence-electron chi connectivity index (χ4n) is 3.40. The molecule has 0 unspecified atom stereocenters. The largest absolute Gasteiger partial charge is 0.423 e. The second-order valence-corrected chi connectivity index (χ2v) is 7.41. The van der Waals surface area contributed by atoms with Crippen LogP contribution in [0.1, 0.15) is 18.9 Å². The van der Waals surface area contributed by atoms with Gasteiger partial charge in [0.15, 0.2) is 0 Å². The first-order valence-electron chi connectivity index (χ1n) is 10.2. The number of nitrogens with zero attached hydrogens (tertiary/aromatic N) is 4. The van der Waals surface area contributed by atoms with Crippen molar-refractivity contribution in [2.24, 2.45) is 0 Å². The smallest absolute Gasteiger partial charge is 0.379 e. The monoisotopic (exact) mass is 454 g/mol. The van der Waals surface area contributed by atoms with Gasteiger partial charge in [0, 0.05) is 38.4 Å². The van der Waals surface area contributed by atoms with Crippen LogP contribution in [-0.2, 0) is 15.7 Å². The highest BCUT2D eigenvalue weighted by Crippen LogP contribution is 2.31. The molecule has 1 saturated heterocycles. The molecule has 1 amide bonds. The molecule has 2 aromatic rings. The zero-order chi connectivity index (χ0) is 23.1. The van der Waals surface area contributed by atoms with Gasteiger partial charge in [-0.1, -0.05) is 6.07 Å². The maximum Gasteiger partial charge on any atom is 0.423 e. The number of aromatic amines is 1. The quantitative estimate of drug-likeness (QED) is 0.586. The van der Waals surface area contributed by atoms with E-state index in [1.165, 1.54) is 0 Å². The molecule has 2 N–H and O–H groups in total. The van der Waals surface area contributed by atoms with Crippen LogP contribution in [-0.4, -0.2) is 71.4 Å². The summed E-state index contributed by atoms with van der Waals surface area (Å²) in [6.45, 7) is 4.37. The minimum atomic E-state index is -4.81. The average molecular weight is 454 g/mol. The number of anilines is 2. The SMILES string of the molecule is C[C@@H](COCCC(=O)N1CCN(c2ccccn2)CC1)Nc1cn[nH]c(=O)c1C(F)(F)F. The van der Waals surface area contributed by atoms with E-state index in [4.69, 9.17) is 4.74 Å². The lowest BCUT2D eigenvalue weighted by atomic mass is 10.2. The van der Waals surface area contributed by atoms with Crippen LogP contribution in [0.25, 0.3) is 0 Å². The fourth-order valence-corrected chi connectivity index (χ4v) is 3.40. The van der Waals surface area contributed by atoms with Crippen LogP contribution in [0, 0.1) is 0 Å². The molecule has 1 aliphatic heterocycles. The molecule has 0 radical (unpaired) electrons. The molecule has 0 aliphatic carbocycles. The number of pyridine rings is 1. The molecule has 3 rings (SSSR count). The summed E-state index contributed by atoms with van der Waals surface area (Å²) in [5.74, 6) is 0.846. The summed E-state index contributed by atoms with van der Waals surface area (Å²) in [7, 11) is 0. The predicted octanol–water partition coefficient (Wildman–Crippen LogP) is 1.74. The Bertz CT molecular complexity index is 946. The van der Waals surface area contributed by atoms with Crippen molar-refractivity contribution in [1.82, 2.24) is 20.1 Å². The molecule has 2 aromatic heterocycles. The van der Waals surface area contributed by atoms with Gasteiger partial charge in [-0.15, -0.1) is 0 Å². The lowest BCUT2D eigenvalue weighted by Gasteiger charge is -2.35. The zero-order valence-corrected chi connectivity index (χ0v) is 17.6. The number of rotatable bonds is 8. The number of amides is 1.